The number of aryl methyl sites for hydroxylation is 1. The predicted octanol–water partition coefficient (Wildman–Crippen LogP) is 1.88. The molecule has 0 unspecified atom stereocenters. The minimum atomic E-state index is 0.0372. The van der Waals surface area contributed by atoms with E-state index in [2.05, 4.69) is 32.9 Å². The van der Waals surface area contributed by atoms with Crippen molar-refractivity contribution in [3.05, 3.63) is 17.5 Å². The number of nitrogens with zero attached hydrogens (tertiary/aromatic N) is 5. The van der Waals surface area contributed by atoms with E-state index in [0.717, 1.165) is 57.4 Å². The molecule has 0 radical (unpaired) electrons. The Morgan fingerprint density at radius 1 is 1.07 bits per heavy atom. The zero-order valence-corrected chi connectivity index (χ0v) is 16.7. The lowest BCUT2D eigenvalue weighted by Gasteiger charge is -2.33. The van der Waals surface area contributed by atoms with Crippen LogP contribution in [0.5, 0.6) is 0 Å². The second-order valence-corrected chi connectivity index (χ2v) is 8.42. The average molecular weight is 375 g/mol. The molecule has 0 spiro atoms. The van der Waals surface area contributed by atoms with Gasteiger partial charge in [-0.3, -0.25) is 9.58 Å². The third-order valence-corrected chi connectivity index (χ3v) is 6.40. The second kappa shape index (κ2) is 8.61. The number of carbonyl (C=O) groups is 1. The first kappa shape index (κ1) is 18.7. The van der Waals surface area contributed by atoms with Crippen molar-refractivity contribution in [2.45, 2.75) is 64.2 Å². The summed E-state index contributed by atoms with van der Waals surface area (Å²) in [6, 6.07) is 2.99. The molecule has 1 aromatic heterocycles. The van der Waals surface area contributed by atoms with Crippen molar-refractivity contribution < 1.29 is 4.79 Å². The Bertz CT molecular complexity index is 630. The molecule has 1 N–H and O–H groups in total. The highest BCUT2D eigenvalue weighted by Crippen LogP contribution is 2.26. The molecule has 2 amide bonds. The van der Waals surface area contributed by atoms with Gasteiger partial charge in [-0.05, 0) is 32.4 Å². The summed E-state index contributed by atoms with van der Waals surface area (Å²) >= 11 is 0. The Morgan fingerprint density at radius 2 is 1.85 bits per heavy atom. The van der Waals surface area contributed by atoms with Crippen LogP contribution in [0.25, 0.3) is 0 Å². The van der Waals surface area contributed by atoms with Crippen molar-refractivity contribution in [2.24, 2.45) is 0 Å². The largest absolute Gasteiger partial charge is 0.332 e. The van der Waals surface area contributed by atoms with Gasteiger partial charge in [-0.2, -0.15) is 5.10 Å². The molecule has 0 bridgehead atoms. The van der Waals surface area contributed by atoms with Crippen LogP contribution >= 0.6 is 0 Å². The first-order valence-corrected chi connectivity index (χ1v) is 10.7. The molecule has 3 aliphatic rings. The van der Waals surface area contributed by atoms with Crippen LogP contribution in [-0.4, -0.2) is 76.3 Å². The molecular weight excluding hydrogens is 340 g/mol. The van der Waals surface area contributed by atoms with Crippen LogP contribution in [0.2, 0.25) is 0 Å². The number of piperazine rings is 1. The zero-order valence-electron chi connectivity index (χ0n) is 16.7. The Kier molecular flexibility index (Phi) is 5.98. The molecule has 27 heavy (non-hydrogen) atoms. The van der Waals surface area contributed by atoms with E-state index >= 15 is 0 Å². The lowest BCUT2D eigenvalue weighted by molar-refractivity contribution is 0.150. The van der Waals surface area contributed by atoms with Crippen LogP contribution in [0, 0.1) is 0 Å². The van der Waals surface area contributed by atoms with E-state index in [4.69, 9.17) is 5.10 Å². The van der Waals surface area contributed by atoms with E-state index in [0.29, 0.717) is 6.54 Å². The standard InChI is InChI=1S/C20H34N6O/c1-23-10-12-24(13-11-23)20(27)21-15-17-14-19-16-25(8-5-9-26(19)22-17)18-6-3-2-4-7-18/h14,18H,2-13,15-16H2,1H3,(H,21,27). The summed E-state index contributed by atoms with van der Waals surface area (Å²) < 4.78 is 2.17. The van der Waals surface area contributed by atoms with Gasteiger partial charge in [0.25, 0.3) is 0 Å². The maximum absolute atomic E-state index is 12.4. The summed E-state index contributed by atoms with van der Waals surface area (Å²) in [5.41, 5.74) is 2.29. The number of hydrogen-bond acceptors (Lipinski definition) is 4. The molecule has 2 aliphatic heterocycles. The number of likely N-dealkylation sites (N-methyl/N-ethyl adjacent to an activating group) is 1. The minimum absolute atomic E-state index is 0.0372. The maximum Gasteiger partial charge on any atom is 0.317 e. The summed E-state index contributed by atoms with van der Waals surface area (Å²) in [4.78, 5) is 19.2. The fourth-order valence-corrected chi connectivity index (χ4v) is 4.68. The Labute approximate surface area is 162 Å². The molecule has 1 saturated carbocycles. The van der Waals surface area contributed by atoms with Gasteiger partial charge in [-0.25, -0.2) is 4.79 Å². The lowest BCUT2D eigenvalue weighted by Crippen LogP contribution is -2.50. The number of fused-ring (bicyclic) bond motifs is 1. The van der Waals surface area contributed by atoms with Crippen molar-refractivity contribution in [1.82, 2.24) is 29.8 Å². The third-order valence-electron chi connectivity index (χ3n) is 6.40. The van der Waals surface area contributed by atoms with Crippen LogP contribution in [0.1, 0.15) is 49.9 Å². The molecule has 3 heterocycles. The molecule has 7 nitrogen and oxygen atoms in total. The van der Waals surface area contributed by atoms with Gasteiger partial charge in [0, 0.05) is 51.9 Å². The van der Waals surface area contributed by atoms with Gasteiger partial charge in [0.1, 0.15) is 0 Å². The van der Waals surface area contributed by atoms with E-state index in [-0.39, 0.29) is 6.03 Å². The Morgan fingerprint density at radius 3 is 2.63 bits per heavy atom. The molecule has 150 valence electrons. The number of amides is 2. The van der Waals surface area contributed by atoms with E-state index < -0.39 is 0 Å². The number of carbonyl (C=O) groups excluding carboxylic acids is 1. The Balaban J connectivity index is 1.32. The molecule has 7 heteroatoms. The highest BCUT2D eigenvalue weighted by molar-refractivity contribution is 5.74. The molecule has 1 saturated heterocycles. The minimum Gasteiger partial charge on any atom is -0.332 e. The quantitative estimate of drug-likeness (QED) is 0.878. The highest BCUT2D eigenvalue weighted by Gasteiger charge is 2.25. The number of urea groups is 1. The molecule has 1 aromatic rings. The normalized spacial score (nSPS) is 23.1. The molecule has 4 rings (SSSR count). The topological polar surface area (TPSA) is 56.6 Å². The van der Waals surface area contributed by atoms with Crippen molar-refractivity contribution in [2.75, 3.05) is 39.8 Å². The molecule has 0 atom stereocenters. The van der Waals surface area contributed by atoms with Gasteiger partial charge in [-0.1, -0.05) is 19.3 Å². The Hall–Kier alpha value is -1.60. The first-order chi connectivity index (χ1) is 13.2. The number of rotatable bonds is 3. The van der Waals surface area contributed by atoms with Gasteiger partial charge in [0.2, 0.25) is 0 Å². The number of hydrogen-bond donors (Lipinski definition) is 1. The van der Waals surface area contributed by atoms with Crippen LogP contribution in [0.15, 0.2) is 6.07 Å². The van der Waals surface area contributed by atoms with Gasteiger partial charge < -0.3 is 15.1 Å². The fourth-order valence-electron chi connectivity index (χ4n) is 4.68. The lowest BCUT2D eigenvalue weighted by atomic mass is 9.94. The van der Waals surface area contributed by atoms with Crippen LogP contribution in [-0.2, 0) is 19.6 Å². The SMILES string of the molecule is CN1CCN(C(=O)NCc2cc3n(n2)CCCN(C2CCCCC2)C3)CC1. The molecule has 2 fully saturated rings. The van der Waals surface area contributed by atoms with E-state index in [9.17, 15) is 4.79 Å². The van der Waals surface area contributed by atoms with Crippen LogP contribution in [0.3, 0.4) is 0 Å². The van der Waals surface area contributed by atoms with Crippen molar-refractivity contribution >= 4 is 6.03 Å². The summed E-state index contributed by atoms with van der Waals surface area (Å²) in [6.07, 6.45) is 8.02. The van der Waals surface area contributed by atoms with Crippen molar-refractivity contribution in [3.63, 3.8) is 0 Å². The highest BCUT2D eigenvalue weighted by atomic mass is 16.2. The monoisotopic (exact) mass is 374 g/mol. The third kappa shape index (κ3) is 4.63. The number of nitrogens with one attached hydrogen (secondary N) is 1. The average Bonchev–Trinajstić information content (AvgIpc) is 2.97. The molecular formula is C20H34N6O. The first-order valence-electron chi connectivity index (χ1n) is 10.7. The predicted molar refractivity (Wildman–Crippen MR) is 105 cm³/mol. The van der Waals surface area contributed by atoms with Gasteiger partial charge in [-0.15, -0.1) is 0 Å². The summed E-state index contributed by atoms with van der Waals surface area (Å²) in [6.45, 7) is 7.20. The second-order valence-electron chi connectivity index (χ2n) is 8.42. The smallest absolute Gasteiger partial charge is 0.317 e. The van der Waals surface area contributed by atoms with E-state index in [1.807, 2.05) is 4.90 Å². The maximum atomic E-state index is 12.4. The van der Waals surface area contributed by atoms with E-state index in [1.54, 1.807) is 0 Å². The van der Waals surface area contributed by atoms with E-state index in [1.165, 1.54) is 44.3 Å². The molecule has 0 aromatic carbocycles. The van der Waals surface area contributed by atoms with Gasteiger partial charge in [0.15, 0.2) is 0 Å². The van der Waals surface area contributed by atoms with Crippen LogP contribution in [0.4, 0.5) is 4.79 Å². The van der Waals surface area contributed by atoms with Crippen molar-refractivity contribution in [1.29, 1.82) is 0 Å². The summed E-state index contributed by atoms with van der Waals surface area (Å²) in [5.74, 6) is 0. The summed E-state index contributed by atoms with van der Waals surface area (Å²) in [5, 5.41) is 7.83. The molecule has 1 aliphatic carbocycles. The number of aromatic nitrogens is 2. The fraction of sp³-hybridized carbons (Fsp3) is 0.800. The summed E-state index contributed by atoms with van der Waals surface area (Å²) in [7, 11) is 2.10. The van der Waals surface area contributed by atoms with Gasteiger partial charge >= 0.3 is 6.03 Å². The van der Waals surface area contributed by atoms with Crippen LogP contribution < -0.4 is 5.32 Å². The van der Waals surface area contributed by atoms with Crippen molar-refractivity contribution in [3.8, 4) is 0 Å². The van der Waals surface area contributed by atoms with Gasteiger partial charge in [0.05, 0.1) is 17.9 Å². The zero-order chi connectivity index (χ0) is 18.6.